The van der Waals surface area contributed by atoms with E-state index in [4.69, 9.17) is 9.47 Å². The van der Waals surface area contributed by atoms with Crippen LogP contribution in [-0.4, -0.2) is 38.7 Å². The number of carbonyl (C=O) groups excluding carboxylic acids is 1. The maximum Gasteiger partial charge on any atom is 0.271 e. The van der Waals surface area contributed by atoms with Crippen LogP contribution in [0, 0.1) is 6.92 Å². The van der Waals surface area contributed by atoms with Gasteiger partial charge in [0, 0.05) is 19.2 Å². The first-order chi connectivity index (χ1) is 15.8. The van der Waals surface area contributed by atoms with Gasteiger partial charge >= 0.3 is 0 Å². The molecule has 0 aromatic heterocycles. The van der Waals surface area contributed by atoms with Crippen molar-refractivity contribution in [3.8, 4) is 11.5 Å². The van der Waals surface area contributed by atoms with Crippen molar-refractivity contribution >= 4 is 22.1 Å². The van der Waals surface area contributed by atoms with Gasteiger partial charge in [-0.05, 0) is 60.5 Å². The maximum absolute atomic E-state index is 12.8. The molecule has 9 heteroatoms. The van der Waals surface area contributed by atoms with E-state index in [-0.39, 0.29) is 24.1 Å². The van der Waals surface area contributed by atoms with E-state index in [0.29, 0.717) is 17.1 Å². The summed E-state index contributed by atoms with van der Waals surface area (Å²) in [5.74, 6) is 0.933. The van der Waals surface area contributed by atoms with Crippen LogP contribution in [0.25, 0.3) is 0 Å². The number of carbonyl (C=O) groups is 1. The van der Waals surface area contributed by atoms with Crippen molar-refractivity contribution < 1.29 is 22.7 Å². The first-order valence-electron chi connectivity index (χ1n) is 10.2. The molecule has 3 aromatic carbocycles. The molecule has 1 N–H and O–H groups in total. The smallest absolute Gasteiger partial charge is 0.271 e. The van der Waals surface area contributed by atoms with Crippen LogP contribution in [-0.2, 0) is 16.6 Å². The van der Waals surface area contributed by atoms with Gasteiger partial charge < -0.3 is 9.47 Å². The Hall–Kier alpha value is -3.69. The van der Waals surface area contributed by atoms with Gasteiger partial charge in [-0.1, -0.05) is 29.8 Å². The van der Waals surface area contributed by atoms with Crippen molar-refractivity contribution in [1.29, 1.82) is 0 Å². The van der Waals surface area contributed by atoms with Crippen molar-refractivity contribution in [2.75, 3.05) is 13.8 Å². The molecule has 3 aromatic rings. The highest BCUT2D eigenvalue weighted by Gasteiger charge is 2.20. The second kappa shape index (κ2) is 9.43. The van der Waals surface area contributed by atoms with Crippen molar-refractivity contribution in [3.05, 3.63) is 89.0 Å². The van der Waals surface area contributed by atoms with E-state index in [2.05, 4.69) is 10.5 Å². The molecule has 0 spiro atoms. The predicted molar refractivity (Wildman–Crippen MR) is 124 cm³/mol. The molecule has 1 heterocycles. The number of aryl methyl sites for hydroxylation is 1. The fourth-order valence-electron chi connectivity index (χ4n) is 3.22. The van der Waals surface area contributed by atoms with Crippen molar-refractivity contribution in [2.24, 2.45) is 5.10 Å². The number of fused-ring (bicyclic) bond motifs is 1. The molecular weight excluding hydrogens is 442 g/mol. The summed E-state index contributed by atoms with van der Waals surface area (Å²) in [5, 5.41) is 3.98. The molecule has 1 aliphatic heterocycles. The first-order valence-corrected chi connectivity index (χ1v) is 11.6. The summed E-state index contributed by atoms with van der Waals surface area (Å²) in [6.45, 7) is 2.28. The zero-order chi connectivity index (χ0) is 23.4. The summed E-state index contributed by atoms with van der Waals surface area (Å²) < 4.78 is 37.4. The molecule has 170 valence electrons. The Labute approximate surface area is 192 Å². The molecular formula is C24H23N3O5S. The van der Waals surface area contributed by atoms with Crippen molar-refractivity contribution in [3.63, 3.8) is 0 Å². The lowest BCUT2D eigenvalue weighted by Gasteiger charge is -2.17. The molecule has 0 aliphatic carbocycles. The quantitative estimate of drug-likeness (QED) is 0.427. The van der Waals surface area contributed by atoms with E-state index in [9.17, 15) is 13.2 Å². The lowest BCUT2D eigenvalue weighted by molar-refractivity contribution is 0.0955. The van der Waals surface area contributed by atoms with Crippen LogP contribution in [0.3, 0.4) is 0 Å². The minimum absolute atomic E-state index is 0.181. The molecule has 33 heavy (non-hydrogen) atoms. The summed E-state index contributed by atoms with van der Waals surface area (Å²) in [7, 11) is -2.08. The van der Waals surface area contributed by atoms with E-state index >= 15 is 0 Å². The van der Waals surface area contributed by atoms with Crippen LogP contribution in [0.1, 0.15) is 27.0 Å². The normalized spacial score (nSPS) is 12.9. The third-order valence-corrected chi connectivity index (χ3v) is 6.94. The average molecular weight is 466 g/mol. The Morgan fingerprint density at radius 1 is 1.03 bits per heavy atom. The number of rotatable bonds is 7. The highest BCUT2D eigenvalue weighted by atomic mass is 32.2. The first kappa shape index (κ1) is 22.5. The third-order valence-electron chi connectivity index (χ3n) is 5.13. The number of amides is 1. The number of ether oxygens (including phenoxy) is 2. The van der Waals surface area contributed by atoms with E-state index < -0.39 is 10.0 Å². The fraction of sp³-hybridized carbons (Fsp3) is 0.167. The lowest BCUT2D eigenvalue weighted by Crippen LogP contribution is -2.26. The molecule has 0 fully saturated rings. The number of nitrogens with one attached hydrogen (secondary N) is 1. The Kier molecular flexibility index (Phi) is 6.43. The Morgan fingerprint density at radius 2 is 1.73 bits per heavy atom. The molecule has 0 atom stereocenters. The molecule has 0 saturated heterocycles. The van der Waals surface area contributed by atoms with Crippen LogP contribution in [0.15, 0.2) is 76.7 Å². The second-order valence-electron chi connectivity index (χ2n) is 7.58. The van der Waals surface area contributed by atoms with Crippen LogP contribution < -0.4 is 14.9 Å². The Bertz CT molecular complexity index is 1290. The minimum Gasteiger partial charge on any atom is -0.454 e. The van der Waals surface area contributed by atoms with Crippen LogP contribution >= 0.6 is 0 Å². The van der Waals surface area contributed by atoms with Crippen LogP contribution in [0.4, 0.5) is 0 Å². The number of sulfonamides is 1. The van der Waals surface area contributed by atoms with Gasteiger partial charge in [-0.15, -0.1) is 0 Å². The highest BCUT2D eigenvalue weighted by Crippen LogP contribution is 2.31. The van der Waals surface area contributed by atoms with Crippen molar-refractivity contribution in [2.45, 2.75) is 18.4 Å². The van der Waals surface area contributed by atoms with Crippen LogP contribution in [0.2, 0.25) is 0 Å². The van der Waals surface area contributed by atoms with E-state index in [0.717, 1.165) is 16.7 Å². The van der Waals surface area contributed by atoms with Gasteiger partial charge in [-0.2, -0.15) is 9.41 Å². The van der Waals surface area contributed by atoms with Gasteiger partial charge in [0.25, 0.3) is 5.91 Å². The van der Waals surface area contributed by atoms with Gasteiger partial charge in [0.05, 0.1) is 11.1 Å². The third kappa shape index (κ3) is 5.21. The molecule has 0 radical (unpaired) electrons. The molecule has 0 saturated carbocycles. The number of nitrogens with zero attached hydrogens (tertiary/aromatic N) is 2. The van der Waals surface area contributed by atoms with Gasteiger partial charge in [0.2, 0.25) is 16.8 Å². The van der Waals surface area contributed by atoms with Gasteiger partial charge in [-0.3, -0.25) is 4.79 Å². The summed E-state index contributed by atoms with van der Waals surface area (Å²) in [6, 6.07) is 18.8. The summed E-state index contributed by atoms with van der Waals surface area (Å²) >= 11 is 0. The van der Waals surface area contributed by atoms with E-state index in [1.165, 1.54) is 17.6 Å². The number of hydrazone groups is 1. The zero-order valence-corrected chi connectivity index (χ0v) is 19.0. The average Bonchev–Trinajstić information content (AvgIpc) is 3.28. The van der Waals surface area contributed by atoms with Crippen molar-refractivity contribution in [1.82, 2.24) is 9.73 Å². The Morgan fingerprint density at radius 3 is 2.45 bits per heavy atom. The molecule has 8 nitrogen and oxygen atoms in total. The number of hydrogen-bond donors (Lipinski definition) is 1. The Balaban J connectivity index is 1.35. The fourth-order valence-corrected chi connectivity index (χ4v) is 4.38. The molecule has 0 bridgehead atoms. The number of benzene rings is 3. The van der Waals surface area contributed by atoms with Crippen LogP contribution in [0.5, 0.6) is 11.5 Å². The number of hydrogen-bond acceptors (Lipinski definition) is 6. The summed E-state index contributed by atoms with van der Waals surface area (Å²) in [6.07, 6.45) is 1.51. The second-order valence-corrected chi connectivity index (χ2v) is 9.63. The molecule has 1 aliphatic rings. The monoisotopic (exact) mass is 465 g/mol. The zero-order valence-electron chi connectivity index (χ0n) is 18.2. The topological polar surface area (TPSA) is 97.3 Å². The standard InChI is InChI=1S/C24H23N3O5S/c1-17-3-10-21(11-4-17)33(29,30)27(2)15-18-5-8-20(9-6-18)24(28)26-25-14-19-7-12-22-23(13-19)32-16-31-22/h3-14H,15-16H2,1-2H3,(H,26,28)/b25-14-. The van der Waals surface area contributed by atoms with Gasteiger partial charge in [0.1, 0.15) is 0 Å². The molecule has 4 rings (SSSR count). The highest BCUT2D eigenvalue weighted by molar-refractivity contribution is 7.89. The lowest BCUT2D eigenvalue weighted by atomic mass is 10.1. The maximum atomic E-state index is 12.8. The SMILES string of the molecule is Cc1ccc(S(=O)(=O)N(C)Cc2ccc(C(=O)N/N=C\c3ccc4c(c3)OCO4)cc2)cc1. The minimum atomic E-state index is -3.60. The predicted octanol–water partition coefficient (Wildman–Crippen LogP) is 3.31. The van der Waals surface area contributed by atoms with E-state index in [1.54, 1.807) is 66.7 Å². The molecule has 0 unspecified atom stereocenters. The summed E-state index contributed by atoms with van der Waals surface area (Å²) in [5.41, 5.74) is 5.39. The van der Waals surface area contributed by atoms with Gasteiger partial charge in [0.15, 0.2) is 11.5 Å². The largest absolute Gasteiger partial charge is 0.454 e. The summed E-state index contributed by atoms with van der Waals surface area (Å²) in [4.78, 5) is 12.6. The van der Waals surface area contributed by atoms with E-state index in [1.807, 2.05) is 6.92 Å². The molecule has 1 amide bonds. The van der Waals surface area contributed by atoms with Gasteiger partial charge in [-0.25, -0.2) is 13.8 Å².